The number of hydrogen-bond acceptors (Lipinski definition) is 4. The summed E-state index contributed by atoms with van der Waals surface area (Å²) in [6.07, 6.45) is 2.58. The van der Waals surface area contributed by atoms with Crippen molar-refractivity contribution in [1.29, 1.82) is 0 Å². The molecule has 2 N–H and O–H groups in total. The maximum atomic E-state index is 10.4. The molecular weight excluding hydrogens is 222 g/mol. The normalized spacial score (nSPS) is 19.5. The summed E-state index contributed by atoms with van der Waals surface area (Å²) in [5.41, 5.74) is -0.614. The van der Waals surface area contributed by atoms with Gasteiger partial charge in [-0.1, -0.05) is 0 Å². The van der Waals surface area contributed by atoms with Crippen molar-refractivity contribution in [2.45, 2.75) is 44.8 Å². The second-order valence-corrected chi connectivity index (χ2v) is 5.31. The topological polar surface area (TPSA) is 70.0 Å². The van der Waals surface area contributed by atoms with E-state index in [0.717, 1.165) is 38.9 Å². The Kier molecular flexibility index (Phi) is 5.36. The van der Waals surface area contributed by atoms with Gasteiger partial charge in [0.15, 0.2) is 0 Å². The molecule has 0 radical (unpaired) electrons. The molecule has 0 atom stereocenters. The Balaban J connectivity index is 2.15. The lowest BCUT2D eigenvalue weighted by molar-refractivity contribution is -0.145. The Hall–Kier alpha value is -0.650. The molecular formula is C12H23NO4. The molecule has 100 valence electrons. The van der Waals surface area contributed by atoms with E-state index in [2.05, 4.69) is 4.90 Å². The molecule has 0 aromatic rings. The Labute approximate surface area is 102 Å². The minimum absolute atomic E-state index is 0.0736. The van der Waals surface area contributed by atoms with E-state index in [-0.39, 0.29) is 12.7 Å². The number of carbonyl (C=O) groups is 1. The lowest BCUT2D eigenvalue weighted by atomic mass is 10.0. The highest BCUT2D eigenvalue weighted by Gasteiger charge is 2.22. The van der Waals surface area contributed by atoms with E-state index in [1.807, 2.05) is 13.8 Å². The van der Waals surface area contributed by atoms with Gasteiger partial charge >= 0.3 is 5.97 Å². The van der Waals surface area contributed by atoms with Gasteiger partial charge in [0.05, 0.1) is 11.7 Å². The average molecular weight is 245 g/mol. The largest absolute Gasteiger partial charge is 0.480 e. The molecule has 1 heterocycles. The molecule has 1 fully saturated rings. The van der Waals surface area contributed by atoms with Gasteiger partial charge < -0.3 is 19.8 Å². The number of rotatable bonds is 6. The van der Waals surface area contributed by atoms with Crippen LogP contribution < -0.4 is 0 Å². The van der Waals surface area contributed by atoms with Gasteiger partial charge in [-0.05, 0) is 33.1 Å². The zero-order valence-corrected chi connectivity index (χ0v) is 10.7. The molecule has 1 aliphatic heterocycles. The fraction of sp³-hybridized carbons (Fsp3) is 0.917. The number of aliphatic carboxylic acids is 1. The molecule has 0 amide bonds. The third-order valence-electron chi connectivity index (χ3n) is 3.02. The summed E-state index contributed by atoms with van der Waals surface area (Å²) in [5.74, 6) is -0.908. The SMILES string of the molecule is CC(C)(O)CCN1CCC(OCC(=O)O)CC1. The fourth-order valence-corrected chi connectivity index (χ4v) is 1.92. The molecule has 1 rings (SSSR count). The zero-order chi connectivity index (χ0) is 12.9. The van der Waals surface area contributed by atoms with Gasteiger partial charge in [0, 0.05) is 19.6 Å². The Bertz CT molecular complexity index is 241. The first-order chi connectivity index (χ1) is 7.87. The summed E-state index contributed by atoms with van der Waals surface area (Å²) in [6, 6.07) is 0. The zero-order valence-electron chi connectivity index (χ0n) is 10.7. The first-order valence-corrected chi connectivity index (χ1v) is 6.15. The molecule has 0 aromatic carbocycles. The number of nitrogens with zero attached hydrogens (tertiary/aromatic N) is 1. The predicted molar refractivity (Wildman–Crippen MR) is 64.0 cm³/mol. The average Bonchev–Trinajstić information content (AvgIpc) is 2.24. The van der Waals surface area contributed by atoms with Crippen molar-refractivity contribution in [1.82, 2.24) is 4.90 Å². The molecule has 5 nitrogen and oxygen atoms in total. The van der Waals surface area contributed by atoms with Crippen molar-refractivity contribution in [3.8, 4) is 0 Å². The second-order valence-electron chi connectivity index (χ2n) is 5.31. The molecule has 0 saturated carbocycles. The smallest absolute Gasteiger partial charge is 0.329 e. The number of piperidine rings is 1. The molecule has 1 aliphatic rings. The summed E-state index contributed by atoms with van der Waals surface area (Å²) in [6.45, 7) is 6.15. The highest BCUT2D eigenvalue weighted by atomic mass is 16.5. The summed E-state index contributed by atoms with van der Waals surface area (Å²) in [4.78, 5) is 12.6. The minimum atomic E-state index is -0.908. The van der Waals surface area contributed by atoms with Crippen LogP contribution >= 0.6 is 0 Å². The van der Waals surface area contributed by atoms with Crippen LogP contribution in [0.5, 0.6) is 0 Å². The molecule has 5 heteroatoms. The number of carboxylic acid groups (broad SMARTS) is 1. The van der Waals surface area contributed by atoms with Crippen LogP contribution in [0.25, 0.3) is 0 Å². The van der Waals surface area contributed by atoms with Crippen molar-refractivity contribution in [3.05, 3.63) is 0 Å². The highest BCUT2D eigenvalue weighted by Crippen LogP contribution is 2.16. The highest BCUT2D eigenvalue weighted by molar-refractivity contribution is 5.68. The van der Waals surface area contributed by atoms with E-state index in [1.165, 1.54) is 0 Å². The van der Waals surface area contributed by atoms with E-state index >= 15 is 0 Å². The van der Waals surface area contributed by atoms with Gasteiger partial charge in [-0.3, -0.25) is 0 Å². The number of likely N-dealkylation sites (tertiary alicyclic amines) is 1. The second kappa shape index (κ2) is 6.33. The summed E-state index contributed by atoms with van der Waals surface area (Å²) >= 11 is 0. The third kappa shape index (κ3) is 6.61. The standard InChI is InChI=1S/C12H23NO4/c1-12(2,16)5-8-13-6-3-10(4-7-13)17-9-11(14)15/h10,16H,3-9H2,1-2H3,(H,14,15). The van der Waals surface area contributed by atoms with Gasteiger partial charge in [0.2, 0.25) is 0 Å². The Morgan fingerprint density at radius 1 is 1.41 bits per heavy atom. The first-order valence-electron chi connectivity index (χ1n) is 6.15. The molecule has 0 spiro atoms. The summed E-state index contributed by atoms with van der Waals surface area (Å²) in [7, 11) is 0. The van der Waals surface area contributed by atoms with Gasteiger partial charge in [0.1, 0.15) is 6.61 Å². The van der Waals surface area contributed by atoms with Crippen LogP contribution in [-0.4, -0.2) is 59.0 Å². The van der Waals surface area contributed by atoms with E-state index in [1.54, 1.807) is 0 Å². The number of carboxylic acids is 1. The first kappa shape index (κ1) is 14.4. The van der Waals surface area contributed by atoms with E-state index in [4.69, 9.17) is 9.84 Å². The van der Waals surface area contributed by atoms with Crippen molar-refractivity contribution < 1.29 is 19.7 Å². The van der Waals surface area contributed by atoms with Crippen LogP contribution in [0.3, 0.4) is 0 Å². The molecule has 0 aliphatic carbocycles. The monoisotopic (exact) mass is 245 g/mol. The number of aliphatic hydroxyl groups is 1. The van der Waals surface area contributed by atoms with Crippen LogP contribution in [0, 0.1) is 0 Å². The fourth-order valence-electron chi connectivity index (χ4n) is 1.92. The van der Waals surface area contributed by atoms with Crippen LogP contribution in [0.2, 0.25) is 0 Å². The molecule has 0 bridgehead atoms. The minimum Gasteiger partial charge on any atom is -0.480 e. The van der Waals surface area contributed by atoms with Gasteiger partial charge in [-0.15, -0.1) is 0 Å². The van der Waals surface area contributed by atoms with E-state index < -0.39 is 11.6 Å². The van der Waals surface area contributed by atoms with Crippen molar-refractivity contribution in [3.63, 3.8) is 0 Å². The molecule has 0 aromatic heterocycles. The molecule has 17 heavy (non-hydrogen) atoms. The van der Waals surface area contributed by atoms with Gasteiger partial charge in [0.25, 0.3) is 0 Å². The third-order valence-corrected chi connectivity index (χ3v) is 3.02. The van der Waals surface area contributed by atoms with E-state index in [0.29, 0.717) is 0 Å². The quantitative estimate of drug-likeness (QED) is 0.721. The molecule has 0 unspecified atom stereocenters. The lowest BCUT2D eigenvalue weighted by Crippen LogP contribution is -2.40. The van der Waals surface area contributed by atoms with Gasteiger partial charge in [-0.2, -0.15) is 0 Å². The van der Waals surface area contributed by atoms with Crippen LogP contribution in [-0.2, 0) is 9.53 Å². The van der Waals surface area contributed by atoms with Crippen LogP contribution in [0.1, 0.15) is 33.1 Å². The van der Waals surface area contributed by atoms with Crippen molar-refractivity contribution in [2.75, 3.05) is 26.2 Å². The number of hydrogen-bond donors (Lipinski definition) is 2. The molecule has 1 saturated heterocycles. The summed E-state index contributed by atoms with van der Waals surface area (Å²) in [5, 5.41) is 18.1. The Morgan fingerprint density at radius 3 is 2.47 bits per heavy atom. The van der Waals surface area contributed by atoms with Crippen LogP contribution in [0.4, 0.5) is 0 Å². The summed E-state index contributed by atoms with van der Waals surface area (Å²) < 4.78 is 5.26. The maximum Gasteiger partial charge on any atom is 0.329 e. The van der Waals surface area contributed by atoms with Crippen molar-refractivity contribution in [2.24, 2.45) is 0 Å². The van der Waals surface area contributed by atoms with E-state index in [9.17, 15) is 9.90 Å². The van der Waals surface area contributed by atoms with Crippen LogP contribution in [0.15, 0.2) is 0 Å². The van der Waals surface area contributed by atoms with Gasteiger partial charge in [-0.25, -0.2) is 4.79 Å². The van der Waals surface area contributed by atoms with Crippen molar-refractivity contribution >= 4 is 5.97 Å². The predicted octanol–water partition coefficient (Wildman–Crippen LogP) is 0.713. The lowest BCUT2D eigenvalue weighted by Gasteiger charge is -2.33. The maximum absolute atomic E-state index is 10.4. The Morgan fingerprint density at radius 2 is 2.00 bits per heavy atom. The number of ether oxygens (including phenoxy) is 1.